The van der Waals surface area contributed by atoms with Crippen LogP contribution in [0.1, 0.15) is 23.4 Å². The van der Waals surface area contributed by atoms with Crippen molar-refractivity contribution in [2.24, 2.45) is 0 Å². The lowest BCUT2D eigenvalue weighted by atomic mass is 10.0. The normalized spacial score (nSPS) is 12.0. The van der Waals surface area contributed by atoms with Gasteiger partial charge < -0.3 is 15.0 Å². The molecule has 1 atom stereocenters. The van der Waals surface area contributed by atoms with Crippen molar-refractivity contribution < 1.29 is 9.53 Å². The van der Waals surface area contributed by atoms with Crippen LogP contribution in [0.2, 0.25) is 0 Å². The van der Waals surface area contributed by atoms with Crippen LogP contribution in [0.3, 0.4) is 0 Å². The molecule has 1 amide bonds. The number of amides is 1. The van der Waals surface area contributed by atoms with Gasteiger partial charge in [-0.2, -0.15) is 0 Å². The van der Waals surface area contributed by atoms with Crippen LogP contribution in [-0.4, -0.2) is 31.5 Å². The Balaban J connectivity index is 1.69. The van der Waals surface area contributed by atoms with E-state index in [1.807, 2.05) is 68.9 Å². The SMILES string of the molecule is CC(NC(=O)COc1ccc(-c2ccccc2)cc1CN(C)C)c1cccs1. The highest BCUT2D eigenvalue weighted by Gasteiger charge is 2.13. The summed E-state index contributed by atoms with van der Waals surface area (Å²) in [4.78, 5) is 15.5. The molecule has 1 N–H and O–H groups in total. The molecule has 3 aromatic rings. The Bertz CT molecular complexity index is 892. The van der Waals surface area contributed by atoms with Gasteiger partial charge in [0.05, 0.1) is 6.04 Å². The molecular weight excluding hydrogens is 368 g/mol. The Kier molecular flexibility index (Phi) is 6.85. The Morgan fingerprint density at radius 1 is 1.07 bits per heavy atom. The van der Waals surface area contributed by atoms with Crippen molar-refractivity contribution in [3.05, 3.63) is 76.5 Å². The predicted molar refractivity (Wildman–Crippen MR) is 116 cm³/mol. The number of nitrogens with one attached hydrogen (secondary N) is 1. The summed E-state index contributed by atoms with van der Waals surface area (Å²) in [6, 6.07) is 20.4. The van der Waals surface area contributed by atoms with E-state index in [0.29, 0.717) is 0 Å². The van der Waals surface area contributed by atoms with Gasteiger partial charge in [0.2, 0.25) is 0 Å². The summed E-state index contributed by atoms with van der Waals surface area (Å²) in [6.45, 7) is 2.72. The molecule has 146 valence electrons. The van der Waals surface area contributed by atoms with E-state index < -0.39 is 0 Å². The molecule has 28 heavy (non-hydrogen) atoms. The summed E-state index contributed by atoms with van der Waals surface area (Å²) in [7, 11) is 4.04. The first kappa shape index (κ1) is 20.1. The number of rotatable bonds is 8. The van der Waals surface area contributed by atoms with Crippen LogP contribution in [0, 0.1) is 0 Å². The highest BCUT2D eigenvalue weighted by molar-refractivity contribution is 7.10. The molecule has 3 rings (SSSR count). The molecule has 4 nitrogen and oxygen atoms in total. The molecule has 1 heterocycles. The fourth-order valence-corrected chi connectivity index (χ4v) is 3.76. The van der Waals surface area contributed by atoms with Crippen molar-refractivity contribution >= 4 is 17.2 Å². The highest BCUT2D eigenvalue weighted by atomic mass is 32.1. The zero-order chi connectivity index (χ0) is 19.9. The van der Waals surface area contributed by atoms with Crippen molar-refractivity contribution in [2.45, 2.75) is 19.5 Å². The van der Waals surface area contributed by atoms with Crippen LogP contribution in [0.5, 0.6) is 5.75 Å². The number of hydrogen-bond acceptors (Lipinski definition) is 4. The summed E-state index contributed by atoms with van der Waals surface area (Å²) < 4.78 is 5.87. The second kappa shape index (κ2) is 9.53. The van der Waals surface area contributed by atoms with Gasteiger partial charge in [-0.3, -0.25) is 4.79 Å². The molecule has 0 aliphatic rings. The van der Waals surface area contributed by atoms with E-state index in [9.17, 15) is 4.79 Å². The molecule has 5 heteroatoms. The summed E-state index contributed by atoms with van der Waals surface area (Å²) in [6.07, 6.45) is 0. The third-order valence-corrected chi connectivity index (χ3v) is 5.42. The fourth-order valence-electron chi connectivity index (χ4n) is 3.03. The first-order chi connectivity index (χ1) is 13.5. The van der Waals surface area contributed by atoms with Crippen LogP contribution in [0.25, 0.3) is 11.1 Å². The van der Waals surface area contributed by atoms with Gasteiger partial charge in [-0.1, -0.05) is 42.5 Å². The first-order valence-corrected chi connectivity index (χ1v) is 10.2. The average Bonchev–Trinajstić information content (AvgIpc) is 3.22. The molecule has 0 bridgehead atoms. The largest absolute Gasteiger partial charge is 0.483 e. The van der Waals surface area contributed by atoms with Gasteiger partial charge in [-0.15, -0.1) is 11.3 Å². The molecule has 1 unspecified atom stereocenters. The predicted octanol–water partition coefficient (Wildman–Crippen LogP) is 4.73. The Hall–Kier alpha value is -2.63. The number of benzene rings is 2. The molecule has 2 aromatic carbocycles. The maximum absolute atomic E-state index is 12.3. The van der Waals surface area contributed by atoms with Gasteiger partial charge in [0, 0.05) is 17.0 Å². The van der Waals surface area contributed by atoms with Crippen LogP contribution in [0.4, 0.5) is 0 Å². The lowest BCUT2D eigenvalue weighted by molar-refractivity contribution is -0.123. The number of thiophene rings is 1. The van der Waals surface area contributed by atoms with Crippen molar-refractivity contribution in [1.29, 1.82) is 0 Å². The first-order valence-electron chi connectivity index (χ1n) is 9.31. The number of ether oxygens (including phenoxy) is 1. The number of carbonyl (C=O) groups excluding carboxylic acids is 1. The smallest absolute Gasteiger partial charge is 0.258 e. The molecule has 0 saturated carbocycles. The third kappa shape index (κ3) is 5.44. The van der Waals surface area contributed by atoms with Gasteiger partial charge in [-0.25, -0.2) is 0 Å². The zero-order valence-electron chi connectivity index (χ0n) is 16.5. The minimum absolute atomic E-state index is 0.000821. The third-order valence-electron chi connectivity index (χ3n) is 4.36. The van der Waals surface area contributed by atoms with Crippen LogP contribution in [-0.2, 0) is 11.3 Å². The standard InChI is InChI=1S/C23H26N2O2S/c1-17(22-10-7-13-28-22)24-23(26)16-27-21-12-11-19(14-20(21)15-25(2)3)18-8-5-4-6-9-18/h4-14,17H,15-16H2,1-3H3,(H,24,26). The molecule has 1 aromatic heterocycles. The van der Waals surface area contributed by atoms with Gasteiger partial charge in [0.1, 0.15) is 5.75 Å². The van der Waals surface area contributed by atoms with Crippen LogP contribution < -0.4 is 10.1 Å². The van der Waals surface area contributed by atoms with E-state index in [1.54, 1.807) is 11.3 Å². The van der Waals surface area contributed by atoms with E-state index in [0.717, 1.165) is 33.9 Å². The maximum atomic E-state index is 12.3. The van der Waals surface area contributed by atoms with Crippen molar-refractivity contribution in [3.63, 3.8) is 0 Å². The van der Waals surface area contributed by atoms with E-state index in [2.05, 4.69) is 28.4 Å². The number of carbonyl (C=O) groups is 1. The molecular formula is C23H26N2O2S. The lowest BCUT2D eigenvalue weighted by Gasteiger charge is -2.17. The van der Waals surface area contributed by atoms with Gasteiger partial charge in [-0.05, 0) is 55.7 Å². The zero-order valence-corrected chi connectivity index (χ0v) is 17.3. The monoisotopic (exact) mass is 394 g/mol. The Morgan fingerprint density at radius 3 is 2.54 bits per heavy atom. The van der Waals surface area contributed by atoms with Gasteiger partial charge in [0.25, 0.3) is 5.91 Å². The molecule has 0 aliphatic heterocycles. The van der Waals surface area contributed by atoms with Crippen molar-refractivity contribution in [1.82, 2.24) is 10.2 Å². The van der Waals surface area contributed by atoms with E-state index >= 15 is 0 Å². The van der Waals surface area contributed by atoms with Gasteiger partial charge >= 0.3 is 0 Å². The Morgan fingerprint density at radius 2 is 1.86 bits per heavy atom. The summed E-state index contributed by atoms with van der Waals surface area (Å²) in [5, 5.41) is 5.00. The molecule has 0 spiro atoms. The van der Waals surface area contributed by atoms with Crippen LogP contribution in [0.15, 0.2) is 66.0 Å². The van der Waals surface area contributed by atoms with E-state index in [1.165, 1.54) is 0 Å². The average molecular weight is 395 g/mol. The second-order valence-electron chi connectivity index (χ2n) is 7.02. The summed E-state index contributed by atoms with van der Waals surface area (Å²) in [5.74, 6) is 0.621. The minimum atomic E-state index is -0.121. The number of hydrogen-bond donors (Lipinski definition) is 1. The molecule has 0 aliphatic carbocycles. The maximum Gasteiger partial charge on any atom is 0.258 e. The lowest BCUT2D eigenvalue weighted by Crippen LogP contribution is -2.31. The van der Waals surface area contributed by atoms with E-state index in [4.69, 9.17) is 4.74 Å². The van der Waals surface area contributed by atoms with Crippen molar-refractivity contribution in [2.75, 3.05) is 20.7 Å². The van der Waals surface area contributed by atoms with Crippen LogP contribution >= 0.6 is 11.3 Å². The van der Waals surface area contributed by atoms with Gasteiger partial charge in [0.15, 0.2) is 6.61 Å². The molecule has 0 radical (unpaired) electrons. The topological polar surface area (TPSA) is 41.6 Å². The summed E-state index contributed by atoms with van der Waals surface area (Å²) >= 11 is 1.64. The van der Waals surface area contributed by atoms with E-state index in [-0.39, 0.29) is 18.6 Å². The quantitative estimate of drug-likeness (QED) is 0.600. The number of nitrogens with zero attached hydrogens (tertiary/aromatic N) is 1. The molecule has 0 fully saturated rings. The Labute approximate surface area is 170 Å². The minimum Gasteiger partial charge on any atom is -0.483 e. The second-order valence-corrected chi connectivity index (χ2v) is 8.00. The van der Waals surface area contributed by atoms with Crippen molar-refractivity contribution in [3.8, 4) is 16.9 Å². The highest BCUT2D eigenvalue weighted by Crippen LogP contribution is 2.27. The molecule has 0 saturated heterocycles. The fraction of sp³-hybridized carbons (Fsp3) is 0.261. The summed E-state index contributed by atoms with van der Waals surface area (Å²) in [5.41, 5.74) is 3.36.